The van der Waals surface area contributed by atoms with Gasteiger partial charge >= 0.3 is 0 Å². The Hall–Kier alpha value is -3.93. The Balaban J connectivity index is 1.49. The summed E-state index contributed by atoms with van der Waals surface area (Å²) in [5, 5.41) is 4.07. The molecule has 0 bridgehead atoms. The second kappa shape index (κ2) is 8.61. The van der Waals surface area contributed by atoms with Crippen LogP contribution in [0.5, 0.6) is 11.5 Å². The van der Waals surface area contributed by atoms with Crippen molar-refractivity contribution < 1.29 is 18.8 Å². The van der Waals surface area contributed by atoms with Gasteiger partial charge in [0.1, 0.15) is 11.5 Å². The normalized spacial score (nSPS) is 10.6. The van der Waals surface area contributed by atoms with Crippen molar-refractivity contribution in [2.45, 2.75) is 6.92 Å². The number of ether oxygens (including phenoxy) is 2. The van der Waals surface area contributed by atoms with Crippen LogP contribution in [0, 0.1) is 6.92 Å². The molecule has 150 valence electrons. The number of ketones is 1. The minimum absolute atomic E-state index is 0.0504. The molecule has 0 atom stereocenters. The lowest BCUT2D eigenvalue weighted by atomic mass is 10.1. The van der Waals surface area contributed by atoms with Gasteiger partial charge in [-0.2, -0.15) is 4.98 Å². The molecule has 30 heavy (non-hydrogen) atoms. The number of carbonyl (C=O) groups is 1. The van der Waals surface area contributed by atoms with Crippen molar-refractivity contribution in [3.63, 3.8) is 0 Å². The summed E-state index contributed by atoms with van der Waals surface area (Å²) in [5.74, 6) is 1.91. The summed E-state index contributed by atoms with van der Waals surface area (Å²) in [5.41, 5.74) is 3.17. The number of aromatic nitrogens is 2. The molecule has 0 aliphatic heterocycles. The van der Waals surface area contributed by atoms with Gasteiger partial charge < -0.3 is 14.0 Å². The van der Waals surface area contributed by atoms with Crippen molar-refractivity contribution in [1.29, 1.82) is 0 Å². The van der Waals surface area contributed by atoms with Crippen LogP contribution < -0.4 is 9.47 Å². The maximum atomic E-state index is 12.3. The van der Waals surface area contributed by atoms with Gasteiger partial charge in [-0.05, 0) is 31.2 Å². The number of carbonyl (C=O) groups excluding carboxylic acids is 1. The number of rotatable bonds is 7. The van der Waals surface area contributed by atoms with Crippen LogP contribution in [0.15, 0.2) is 77.3 Å². The topological polar surface area (TPSA) is 74.5 Å². The van der Waals surface area contributed by atoms with Gasteiger partial charge in [0.15, 0.2) is 12.4 Å². The fourth-order valence-electron chi connectivity index (χ4n) is 2.97. The molecule has 1 aromatic heterocycles. The molecule has 3 aromatic carbocycles. The lowest BCUT2D eigenvalue weighted by Crippen LogP contribution is -2.11. The standard InChI is InChI=1S/C24H20N2O4/c1-16-10-12-17(13-11-16)21(27)15-29-19-7-5-6-18(14-19)23-25-24(30-26-23)20-8-3-4-9-22(20)28-2/h3-14H,15H2,1-2H3. The molecule has 0 saturated carbocycles. The van der Waals surface area contributed by atoms with Crippen molar-refractivity contribution in [3.05, 3.63) is 83.9 Å². The fourth-order valence-corrected chi connectivity index (χ4v) is 2.97. The number of nitrogens with zero attached hydrogens (tertiary/aromatic N) is 2. The van der Waals surface area contributed by atoms with Crippen LogP contribution in [0.3, 0.4) is 0 Å². The smallest absolute Gasteiger partial charge is 0.262 e. The highest BCUT2D eigenvalue weighted by Crippen LogP contribution is 2.30. The monoisotopic (exact) mass is 400 g/mol. The summed E-state index contributed by atoms with van der Waals surface area (Å²) in [6.07, 6.45) is 0. The van der Waals surface area contributed by atoms with Crippen molar-refractivity contribution in [2.75, 3.05) is 13.7 Å². The lowest BCUT2D eigenvalue weighted by Gasteiger charge is -2.07. The first-order valence-corrected chi connectivity index (χ1v) is 9.44. The molecule has 0 fully saturated rings. The second-order valence-electron chi connectivity index (χ2n) is 6.73. The average Bonchev–Trinajstić information content (AvgIpc) is 3.28. The number of benzene rings is 3. The third-order valence-electron chi connectivity index (χ3n) is 4.60. The number of methoxy groups -OCH3 is 1. The van der Waals surface area contributed by atoms with E-state index in [1.165, 1.54) is 0 Å². The summed E-state index contributed by atoms with van der Waals surface area (Å²) < 4.78 is 16.5. The fraction of sp³-hybridized carbons (Fsp3) is 0.125. The molecule has 0 aliphatic rings. The molecule has 0 N–H and O–H groups in total. The molecular weight excluding hydrogens is 380 g/mol. The van der Waals surface area contributed by atoms with Gasteiger partial charge in [-0.25, -0.2) is 0 Å². The third-order valence-corrected chi connectivity index (χ3v) is 4.60. The van der Waals surface area contributed by atoms with E-state index in [0.29, 0.717) is 28.8 Å². The molecular formula is C24H20N2O4. The van der Waals surface area contributed by atoms with Gasteiger partial charge in [-0.3, -0.25) is 4.79 Å². The zero-order valence-corrected chi connectivity index (χ0v) is 16.7. The summed E-state index contributed by atoms with van der Waals surface area (Å²) in [6.45, 7) is 1.93. The molecule has 0 amide bonds. The van der Waals surface area contributed by atoms with E-state index in [1.54, 1.807) is 31.4 Å². The van der Waals surface area contributed by atoms with Crippen LogP contribution in [0.25, 0.3) is 22.8 Å². The van der Waals surface area contributed by atoms with Crippen LogP contribution in [-0.2, 0) is 0 Å². The number of hydrogen-bond donors (Lipinski definition) is 0. The van der Waals surface area contributed by atoms with Crippen molar-refractivity contribution in [1.82, 2.24) is 10.1 Å². The summed E-state index contributed by atoms with van der Waals surface area (Å²) in [6, 6.07) is 22.1. The van der Waals surface area contributed by atoms with Crippen LogP contribution in [0.2, 0.25) is 0 Å². The van der Waals surface area contributed by atoms with Crippen LogP contribution >= 0.6 is 0 Å². The minimum Gasteiger partial charge on any atom is -0.496 e. The molecule has 4 rings (SSSR count). The largest absolute Gasteiger partial charge is 0.496 e. The van der Waals surface area contributed by atoms with Gasteiger partial charge in [0.2, 0.25) is 5.82 Å². The SMILES string of the molecule is COc1ccccc1-c1nc(-c2cccc(OCC(=O)c3ccc(C)cc3)c2)no1. The maximum Gasteiger partial charge on any atom is 0.262 e. The number of aryl methyl sites for hydroxylation is 1. The van der Waals surface area contributed by atoms with Gasteiger partial charge in [0.25, 0.3) is 5.89 Å². The van der Waals surface area contributed by atoms with Crippen LogP contribution in [-0.4, -0.2) is 29.6 Å². The van der Waals surface area contributed by atoms with Crippen molar-refractivity contribution >= 4 is 5.78 Å². The summed E-state index contributed by atoms with van der Waals surface area (Å²) in [4.78, 5) is 16.8. The first-order valence-electron chi connectivity index (χ1n) is 9.44. The Labute approximate surface area is 174 Å². The van der Waals surface area contributed by atoms with E-state index < -0.39 is 0 Å². The second-order valence-corrected chi connectivity index (χ2v) is 6.73. The van der Waals surface area contributed by atoms with Gasteiger partial charge in [0, 0.05) is 11.1 Å². The lowest BCUT2D eigenvalue weighted by molar-refractivity contribution is 0.0921. The molecule has 4 aromatic rings. The molecule has 0 spiro atoms. The van der Waals surface area contributed by atoms with E-state index in [1.807, 2.05) is 55.5 Å². The molecule has 0 unspecified atom stereocenters. The van der Waals surface area contributed by atoms with E-state index in [2.05, 4.69) is 10.1 Å². The van der Waals surface area contributed by atoms with Gasteiger partial charge in [-0.15, -0.1) is 0 Å². The summed E-state index contributed by atoms with van der Waals surface area (Å²) >= 11 is 0. The maximum absolute atomic E-state index is 12.3. The van der Waals surface area contributed by atoms with E-state index in [9.17, 15) is 4.79 Å². The molecule has 6 nitrogen and oxygen atoms in total. The summed E-state index contributed by atoms with van der Waals surface area (Å²) in [7, 11) is 1.59. The van der Waals surface area contributed by atoms with Crippen LogP contribution in [0.1, 0.15) is 15.9 Å². The number of Topliss-reactive ketones (excluding diaryl/α,β-unsaturated/α-hetero) is 1. The zero-order chi connectivity index (χ0) is 20.9. The molecule has 0 aliphatic carbocycles. The molecule has 0 radical (unpaired) electrons. The predicted octanol–water partition coefficient (Wildman–Crippen LogP) is 4.98. The first kappa shape index (κ1) is 19.4. The molecule has 6 heteroatoms. The predicted molar refractivity (Wildman–Crippen MR) is 113 cm³/mol. The highest BCUT2D eigenvalue weighted by Gasteiger charge is 2.15. The zero-order valence-electron chi connectivity index (χ0n) is 16.7. The Kier molecular flexibility index (Phi) is 5.57. The Morgan fingerprint density at radius 3 is 2.60 bits per heavy atom. The Morgan fingerprint density at radius 2 is 1.80 bits per heavy atom. The number of para-hydroxylation sites is 1. The Morgan fingerprint density at radius 1 is 1.00 bits per heavy atom. The van der Waals surface area contributed by atoms with Crippen molar-refractivity contribution in [2.24, 2.45) is 0 Å². The van der Waals surface area contributed by atoms with E-state index in [4.69, 9.17) is 14.0 Å². The molecule has 1 heterocycles. The highest BCUT2D eigenvalue weighted by atomic mass is 16.5. The minimum atomic E-state index is -0.0848. The first-order chi connectivity index (χ1) is 14.6. The molecule has 0 saturated heterocycles. The third kappa shape index (κ3) is 4.22. The highest BCUT2D eigenvalue weighted by molar-refractivity contribution is 5.97. The number of hydrogen-bond acceptors (Lipinski definition) is 6. The van der Waals surface area contributed by atoms with E-state index in [0.717, 1.165) is 16.7 Å². The van der Waals surface area contributed by atoms with Crippen molar-refractivity contribution in [3.8, 4) is 34.3 Å². The van der Waals surface area contributed by atoms with Gasteiger partial charge in [0.05, 0.1) is 12.7 Å². The van der Waals surface area contributed by atoms with Crippen LogP contribution in [0.4, 0.5) is 0 Å². The van der Waals surface area contributed by atoms with Gasteiger partial charge in [-0.1, -0.05) is 59.3 Å². The van der Waals surface area contributed by atoms with E-state index >= 15 is 0 Å². The Bertz CT molecular complexity index is 1170. The quantitative estimate of drug-likeness (QED) is 0.407. The van der Waals surface area contributed by atoms with E-state index in [-0.39, 0.29) is 12.4 Å². The average molecular weight is 400 g/mol.